The van der Waals surface area contributed by atoms with Gasteiger partial charge in [-0.15, -0.1) is 0 Å². The minimum Gasteiger partial charge on any atom is -0.484 e. The van der Waals surface area contributed by atoms with E-state index in [1.165, 1.54) is 0 Å². The van der Waals surface area contributed by atoms with Gasteiger partial charge in [-0.1, -0.05) is 0 Å². The Labute approximate surface area is 135 Å². The highest BCUT2D eigenvalue weighted by molar-refractivity contribution is 5.89. The van der Waals surface area contributed by atoms with Crippen molar-refractivity contribution in [1.82, 2.24) is 5.32 Å². The predicted octanol–water partition coefficient (Wildman–Crippen LogP) is 2.05. The molecule has 122 valence electrons. The Morgan fingerprint density at radius 2 is 2.00 bits per heavy atom. The van der Waals surface area contributed by atoms with Crippen LogP contribution in [0, 0.1) is 17.2 Å². The third-order valence-corrected chi connectivity index (χ3v) is 3.76. The van der Waals surface area contributed by atoms with E-state index in [1.54, 1.807) is 38.1 Å². The van der Waals surface area contributed by atoms with Gasteiger partial charge in [0.05, 0.1) is 18.2 Å². The third-order valence-electron chi connectivity index (χ3n) is 3.76. The summed E-state index contributed by atoms with van der Waals surface area (Å²) in [6.07, 6.45) is 1.92. The summed E-state index contributed by atoms with van der Waals surface area (Å²) in [6.45, 7) is 3.61. The molecule has 2 rings (SSSR count). The van der Waals surface area contributed by atoms with Crippen molar-refractivity contribution in [3.63, 3.8) is 0 Å². The first kappa shape index (κ1) is 16.8. The topological polar surface area (TPSA) is 88.4 Å². The number of carbonyl (C=O) groups excluding carboxylic acids is 2. The third kappa shape index (κ3) is 4.46. The summed E-state index contributed by atoms with van der Waals surface area (Å²) in [7, 11) is 0. The predicted molar refractivity (Wildman–Crippen MR) is 82.8 cm³/mol. The molecule has 6 nitrogen and oxygen atoms in total. The van der Waals surface area contributed by atoms with Crippen LogP contribution in [0.5, 0.6) is 5.75 Å². The normalized spacial score (nSPS) is 15.9. The fraction of sp³-hybridized carbons (Fsp3) is 0.471. The number of nitrogens with one attached hydrogen (secondary N) is 1. The average Bonchev–Trinajstić information content (AvgIpc) is 3.39. The van der Waals surface area contributed by atoms with Gasteiger partial charge >= 0.3 is 5.97 Å². The molecule has 0 bridgehead atoms. The molecule has 0 radical (unpaired) electrons. The zero-order valence-electron chi connectivity index (χ0n) is 13.3. The number of ether oxygens (including phenoxy) is 2. The molecular weight excluding hydrogens is 296 g/mol. The van der Waals surface area contributed by atoms with Gasteiger partial charge in [-0.2, -0.15) is 5.26 Å². The number of benzene rings is 1. The number of nitriles is 1. The van der Waals surface area contributed by atoms with E-state index in [9.17, 15) is 14.9 Å². The smallest absolute Gasteiger partial charge is 0.338 e. The van der Waals surface area contributed by atoms with Gasteiger partial charge in [0.15, 0.2) is 6.61 Å². The summed E-state index contributed by atoms with van der Waals surface area (Å²) >= 11 is 0. The number of carbonyl (C=O) groups is 2. The van der Waals surface area contributed by atoms with Gasteiger partial charge < -0.3 is 14.8 Å². The molecule has 1 atom stereocenters. The number of amides is 1. The molecule has 23 heavy (non-hydrogen) atoms. The van der Waals surface area contributed by atoms with Gasteiger partial charge in [-0.05, 0) is 56.9 Å². The van der Waals surface area contributed by atoms with Gasteiger partial charge in [-0.3, -0.25) is 4.79 Å². The molecule has 1 amide bonds. The lowest BCUT2D eigenvalue weighted by Gasteiger charge is -2.22. The second-order valence-electron chi connectivity index (χ2n) is 5.67. The zero-order chi connectivity index (χ0) is 16.9. The first-order valence-electron chi connectivity index (χ1n) is 7.60. The minimum absolute atomic E-state index is 0.178. The molecule has 0 aromatic heterocycles. The van der Waals surface area contributed by atoms with Crippen molar-refractivity contribution in [2.24, 2.45) is 5.92 Å². The lowest BCUT2D eigenvalue weighted by Crippen LogP contribution is -2.48. The zero-order valence-corrected chi connectivity index (χ0v) is 13.3. The molecule has 1 aliphatic carbocycles. The van der Waals surface area contributed by atoms with Crippen LogP contribution < -0.4 is 10.1 Å². The lowest BCUT2D eigenvalue weighted by molar-refractivity contribution is -0.124. The van der Waals surface area contributed by atoms with E-state index >= 15 is 0 Å². The molecule has 0 unspecified atom stereocenters. The SMILES string of the molecule is CCOC(=O)c1ccc(OCC(=O)N[C@](C)(C#N)C2CC2)cc1. The van der Waals surface area contributed by atoms with E-state index in [4.69, 9.17) is 9.47 Å². The Morgan fingerprint density at radius 3 is 2.52 bits per heavy atom. The van der Waals surface area contributed by atoms with E-state index in [0.29, 0.717) is 17.9 Å². The standard InChI is InChI=1S/C17H20N2O4/c1-3-22-16(21)12-4-8-14(9-5-12)23-10-15(20)19-17(2,11-18)13-6-7-13/h4-5,8-9,13H,3,6-7,10H2,1-2H3,(H,19,20)/t17-/m1/s1. The monoisotopic (exact) mass is 316 g/mol. The summed E-state index contributed by atoms with van der Waals surface area (Å²) in [5.41, 5.74) is -0.400. The van der Waals surface area contributed by atoms with E-state index in [0.717, 1.165) is 12.8 Å². The van der Waals surface area contributed by atoms with Crippen molar-refractivity contribution in [2.45, 2.75) is 32.2 Å². The fourth-order valence-corrected chi connectivity index (χ4v) is 2.26. The Balaban J connectivity index is 1.84. The highest BCUT2D eigenvalue weighted by atomic mass is 16.5. The van der Waals surface area contributed by atoms with E-state index in [1.807, 2.05) is 0 Å². The van der Waals surface area contributed by atoms with Crippen molar-refractivity contribution >= 4 is 11.9 Å². The van der Waals surface area contributed by atoms with Crippen LogP contribution in [0.2, 0.25) is 0 Å². The van der Waals surface area contributed by atoms with Crippen molar-refractivity contribution < 1.29 is 19.1 Å². The van der Waals surface area contributed by atoms with Crippen LogP contribution in [0.4, 0.5) is 0 Å². The van der Waals surface area contributed by atoms with Crippen molar-refractivity contribution in [2.75, 3.05) is 13.2 Å². The minimum atomic E-state index is -0.825. The first-order chi connectivity index (χ1) is 11.0. The Bertz CT molecular complexity index is 616. The lowest BCUT2D eigenvalue weighted by atomic mass is 9.98. The molecule has 1 fully saturated rings. The molecule has 1 saturated carbocycles. The number of hydrogen-bond donors (Lipinski definition) is 1. The van der Waals surface area contributed by atoms with Gasteiger partial charge in [-0.25, -0.2) is 4.79 Å². The van der Waals surface area contributed by atoms with Crippen LogP contribution in [0.25, 0.3) is 0 Å². The van der Waals surface area contributed by atoms with E-state index < -0.39 is 11.5 Å². The van der Waals surface area contributed by atoms with Gasteiger partial charge in [0.25, 0.3) is 5.91 Å². The molecule has 0 aliphatic heterocycles. The summed E-state index contributed by atoms with van der Waals surface area (Å²) in [5.74, 6) is -0.0416. The highest BCUT2D eigenvalue weighted by Gasteiger charge is 2.43. The van der Waals surface area contributed by atoms with Gasteiger partial charge in [0.2, 0.25) is 0 Å². The molecule has 1 N–H and O–H groups in total. The number of nitrogens with zero attached hydrogens (tertiary/aromatic N) is 1. The van der Waals surface area contributed by atoms with Crippen LogP contribution >= 0.6 is 0 Å². The maximum atomic E-state index is 11.9. The molecule has 1 aliphatic rings. The maximum Gasteiger partial charge on any atom is 0.338 e. The number of rotatable bonds is 7. The van der Waals surface area contributed by atoms with E-state index in [2.05, 4.69) is 11.4 Å². The number of esters is 1. The largest absolute Gasteiger partial charge is 0.484 e. The van der Waals surface area contributed by atoms with Crippen molar-refractivity contribution in [1.29, 1.82) is 5.26 Å². The van der Waals surface area contributed by atoms with Crippen molar-refractivity contribution in [3.05, 3.63) is 29.8 Å². The Hall–Kier alpha value is -2.55. The van der Waals surface area contributed by atoms with Crippen LogP contribution in [0.1, 0.15) is 37.0 Å². The molecule has 1 aromatic carbocycles. The van der Waals surface area contributed by atoms with Gasteiger partial charge in [0.1, 0.15) is 11.3 Å². The van der Waals surface area contributed by atoms with Crippen molar-refractivity contribution in [3.8, 4) is 11.8 Å². The quantitative estimate of drug-likeness (QED) is 0.778. The maximum absolute atomic E-state index is 11.9. The van der Waals surface area contributed by atoms with Gasteiger partial charge in [0, 0.05) is 0 Å². The Kier molecular flexibility index (Phi) is 5.22. The van der Waals surface area contributed by atoms with Crippen LogP contribution in [0.15, 0.2) is 24.3 Å². The first-order valence-corrected chi connectivity index (χ1v) is 7.60. The van der Waals surface area contributed by atoms with Crippen LogP contribution in [-0.4, -0.2) is 30.6 Å². The summed E-state index contributed by atoms with van der Waals surface area (Å²) < 4.78 is 10.3. The summed E-state index contributed by atoms with van der Waals surface area (Å²) in [4.78, 5) is 23.4. The molecule has 6 heteroatoms. The number of hydrogen-bond acceptors (Lipinski definition) is 5. The second-order valence-corrected chi connectivity index (χ2v) is 5.67. The molecule has 1 aromatic rings. The van der Waals surface area contributed by atoms with Crippen LogP contribution in [-0.2, 0) is 9.53 Å². The summed E-state index contributed by atoms with van der Waals surface area (Å²) in [5, 5.41) is 11.9. The summed E-state index contributed by atoms with van der Waals surface area (Å²) in [6, 6.07) is 8.52. The van der Waals surface area contributed by atoms with E-state index in [-0.39, 0.29) is 18.4 Å². The molecular formula is C17H20N2O4. The highest BCUT2D eigenvalue weighted by Crippen LogP contribution is 2.39. The second kappa shape index (κ2) is 7.14. The molecule has 0 heterocycles. The molecule has 0 spiro atoms. The fourth-order valence-electron chi connectivity index (χ4n) is 2.26. The Morgan fingerprint density at radius 1 is 1.35 bits per heavy atom. The molecule has 0 saturated heterocycles. The average molecular weight is 316 g/mol. The van der Waals surface area contributed by atoms with Crippen LogP contribution in [0.3, 0.4) is 0 Å².